The minimum atomic E-state index is -1.22. The molecule has 1 atom stereocenters. The Hall–Kier alpha value is -4.27. The molecule has 0 radical (unpaired) electrons. The quantitative estimate of drug-likeness (QED) is 0.447. The molecule has 32 heavy (non-hydrogen) atoms. The van der Waals surface area contributed by atoms with Crippen LogP contribution >= 0.6 is 0 Å². The van der Waals surface area contributed by atoms with Crippen LogP contribution in [0.2, 0.25) is 0 Å². The number of nitrogens with zero attached hydrogens (tertiary/aromatic N) is 4. The summed E-state index contributed by atoms with van der Waals surface area (Å²) in [6, 6.07) is 17.5. The molecular weight excluding hydrogens is 410 g/mol. The second-order valence-electron chi connectivity index (χ2n) is 6.85. The highest BCUT2D eigenvalue weighted by Crippen LogP contribution is 2.27. The average Bonchev–Trinajstić information content (AvgIpc) is 3.25. The maximum Gasteiger partial charge on any atom is 0.379 e. The van der Waals surface area contributed by atoms with E-state index in [-0.39, 0.29) is 11.6 Å². The molecule has 0 bridgehead atoms. The fourth-order valence-electron chi connectivity index (χ4n) is 3.10. The Morgan fingerprint density at radius 2 is 1.81 bits per heavy atom. The van der Waals surface area contributed by atoms with Gasteiger partial charge in [-0.05, 0) is 32.0 Å². The van der Waals surface area contributed by atoms with Crippen molar-refractivity contribution in [3.8, 4) is 5.75 Å². The van der Waals surface area contributed by atoms with Gasteiger partial charge in [0.1, 0.15) is 5.75 Å². The number of amides is 1. The lowest BCUT2D eigenvalue weighted by molar-refractivity contribution is -0.125. The van der Waals surface area contributed by atoms with Crippen molar-refractivity contribution in [1.29, 1.82) is 0 Å². The number of hydrogen-bond acceptors (Lipinski definition) is 7. The third-order valence-electron chi connectivity index (χ3n) is 4.62. The summed E-state index contributed by atoms with van der Waals surface area (Å²) in [6.45, 7) is 4.11. The number of anilines is 1. The number of esters is 1. The Morgan fingerprint density at radius 3 is 2.56 bits per heavy atom. The third-order valence-corrected chi connectivity index (χ3v) is 4.62. The Kier molecular flexibility index (Phi) is 6.07. The number of aromatic nitrogens is 4. The largest absolute Gasteiger partial charge is 0.492 e. The summed E-state index contributed by atoms with van der Waals surface area (Å²) < 4.78 is 12.6. The number of nitrogens with one attached hydrogen (secondary N) is 1. The summed E-state index contributed by atoms with van der Waals surface area (Å²) in [5.41, 5.74) is 1.73. The molecule has 162 valence electrons. The molecule has 0 saturated carbocycles. The van der Waals surface area contributed by atoms with Crippen molar-refractivity contribution in [2.75, 3.05) is 11.9 Å². The van der Waals surface area contributed by atoms with Crippen LogP contribution in [0.1, 0.15) is 34.9 Å². The first kappa shape index (κ1) is 21.0. The van der Waals surface area contributed by atoms with Crippen LogP contribution in [-0.2, 0) is 9.53 Å². The SMILES string of the molecule is CCOc1ccccc1NC(=O)C(OC(=O)c1nc2nccc(C)n2n1)c1ccccc1. The molecule has 9 heteroatoms. The molecular formula is C23H21N5O4. The summed E-state index contributed by atoms with van der Waals surface area (Å²) in [6.07, 6.45) is 0.351. The molecule has 1 unspecified atom stereocenters. The lowest BCUT2D eigenvalue weighted by atomic mass is 10.1. The topological polar surface area (TPSA) is 108 Å². The number of carbonyl (C=O) groups excluding carboxylic acids is 2. The number of aryl methyl sites for hydroxylation is 1. The molecule has 2 aromatic heterocycles. The van der Waals surface area contributed by atoms with Gasteiger partial charge in [0, 0.05) is 17.5 Å². The van der Waals surface area contributed by atoms with E-state index >= 15 is 0 Å². The number of rotatable bonds is 7. The monoisotopic (exact) mass is 431 g/mol. The molecule has 0 aliphatic heterocycles. The second-order valence-corrected chi connectivity index (χ2v) is 6.85. The van der Waals surface area contributed by atoms with Crippen molar-refractivity contribution in [3.05, 3.63) is 83.9 Å². The number of carbonyl (C=O) groups is 2. The molecule has 9 nitrogen and oxygen atoms in total. The predicted octanol–water partition coefficient (Wildman–Crippen LogP) is 3.37. The van der Waals surface area contributed by atoms with Gasteiger partial charge in [0.15, 0.2) is 0 Å². The van der Waals surface area contributed by atoms with Gasteiger partial charge in [-0.2, -0.15) is 4.98 Å². The Labute approximate surface area is 184 Å². The van der Waals surface area contributed by atoms with Crippen molar-refractivity contribution in [2.45, 2.75) is 20.0 Å². The van der Waals surface area contributed by atoms with Crippen LogP contribution in [0.3, 0.4) is 0 Å². The lowest BCUT2D eigenvalue weighted by Gasteiger charge is -2.18. The number of benzene rings is 2. The highest BCUT2D eigenvalue weighted by atomic mass is 16.5. The second kappa shape index (κ2) is 9.25. The maximum atomic E-state index is 13.2. The van der Waals surface area contributed by atoms with Crippen LogP contribution in [0.4, 0.5) is 5.69 Å². The van der Waals surface area contributed by atoms with E-state index in [9.17, 15) is 9.59 Å². The summed E-state index contributed by atoms with van der Waals surface area (Å²) in [7, 11) is 0. The van der Waals surface area contributed by atoms with Crippen LogP contribution in [0.25, 0.3) is 5.78 Å². The van der Waals surface area contributed by atoms with Gasteiger partial charge in [0.05, 0.1) is 12.3 Å². The maximum absolute atomic E-state index is 13.2. The highest BCUT2D eigenvalue weighted by Gasteiger charge is 2.28. The number of ether oxygens (including phenoxy) is 2. The standard InChI is InChI=1S/C23H21N5O4/c1-3-31-18-12-8-7-11-17(18)25-21(29)19(16-9-5-4-6-10-16)32-22(30)20-26-23-24-14-13-15(2)28(23)27-20/h4-14,19H,3H2,1-2H3,(H,25,29). The van der Waals surface area contributed by atoms with E-state index in [1.54, 1.807) is 60.8 Å². The molecule has 1 N–H and O–H groups in total. The van der Waals surface area contributed by atoms with E-state index in [2.05, 4.69) is 20.4 Å². The van der Waals surface area contributed by atoms with Crippen molar-refractivity contribution in [1.82, 2.24) is 19.6 Å². The average molecular weight is 431 g/mol. The van der Waals surface area contributed by atoms with Crippen molar-refractivity contribution < 1.29 is 19.1 Å². The molecule has 1 amide bonds. The molecule has 0 spiro atoms. The van der Waals surface area contributed by atoms with E-state index in [0.717, 1.165) is 5.69 Å². The zero-order valence-corrected chi connectivity index (χ0v) is 17.6. The minimum Gasteiger partial charge on any atom is -0.492 e. The lowest BCUT2D eigenvalue weighted by Crippen LogP contribution is -2.26. The Morgan fingerprint density at radius 1 is 1.06 bits per heavy atom. The third kappa shape index (κ3) is 4.41. The van der Waals surface area contributed by atoms with E-state index in [1.807, 2.05) is 19.9 Å². The fraction of sp³-hybridized carbons (Fsp3) is 0.174. The summed E-state index contributed by atoms with van der Waals surface area (Å²) in [4.78, 5) is 34.2. The zero-order chi connectivity index (χ0) is 22.5. The molecule has 2 aromatic carbocycles. The van der Waals surface area contributed by atoms with E-state index < -0.39 is 18.0 Å². The highest BCUT2D eigenvalue weighted by molar-refractivity contribution is 5.98. The number of hydrogen-bond donors (Lipinski definition) is 1. The van der Waals surface area contributed by atoms with Crippen LogP contribution in [0.15, 0.2) is 66.9 Å². The fourth-order valence-corrected chi connectivity index (χ4v) is 3.10. The van der Waals surface area contributed by atoms with Gasteiger partial charge in [0.25, 0.3) is 17.5 Å². The Balaban J connectivity index is 1.61. The van der Waals surface area contributed by atoms with Crippen LogP contribution < -0.4 is 10.1 Å². The minimum absolute atomic E-state index is 0.185. The van der Waals surface area contributed by atoms with Gasteiger partial charge in [-0.3, -0.25) is 4.79 Å². The predicted molar refractivity (Wildman–Crippen MR) is 116 cm³/mol. The first-order chi connectivity index (χ1) is 15.6. The first-order valence-corrected chi connectivity index (χ1v) is 10.0. The smallest absolute Gasteiger partial charge is 0.379 e. The van der Waals surface area contributed by atoms with E-state index in [0.29, 0.717) is 23.6 Å². The van der Waals surface area contributed by atoms with Crippen LogP contribution in [-0.4, -0.2) is 38.1 Å². The first-order valence-electron chi connectivity index (χ1n) is 10.0. The molecule has 4 aromatic rings. The molecule has 0 aliphatic rings. The van der Waals surface area contributed by atoms with Gasteiger partial charge < -0.3 is 14.8 Å². The van der Waals surface area contributed by atoms with E-state index in [4.69, 9.17) is 9.47 Å². The van der Waals surface area contributed by atoms with Gasteiger partial charge in [-0.25, -0.2) is 14.3 Å². The van der Waals surface area contributed by atoms with Crippen molar-refractivity contribution in [2.24, 2.45) is 0 Å². The van der Waals surface area contributed by atoms with Gasteiger partial charge in [0.2, 0.25) is 6.10 Å². The Bertz CT molecular complexity index is 1260. The van der Waals surface area contributed by atoms with Gasteiger partial charge >= 0.3 is 5.97 Å². The number of fused-ring (bicyclic) bond motifs is 1. The molecule has 0 aliphatic carbocycles. The summed E-state index contributed by atoms with van der Waals surface area (Å²) in [5, 5.41) is 6.94. The van der Waals surface area contributed by atoms with Gasteiger partial charge in [-0.1, -0.05) is 42.5 Å². The normalized spacial score (nSPS) is 11.7. The van der Waals surface area contributed by atoms with E-state index in [1.165, 1.54) is 4.52 Å². The molecule has 2 heterocycles. The summed E-state index contributed by atoms with van der Waals surface area (Å²) in [5.74, 6) is -0.768. The van der Waals surface area contributed by atoms with Crippen LogP contribution in [0, 0.1) is 6.92 Å². The van der Waals surface area contributed by atoms with Crippen LogP contribution in [0.5, 0.6) is 5.75 Å². The summed E-state index contributed by atoms with van der Waals surface area (Å²) >= 11 is 0. The molecule has 0 fully saturated rings. The number of para-hydroxylation sites is 2. The van der Waals surface area contributed by atoms with Gasteiger partial charge in [-0.15, -0.1) is 5.10 Å². The van der Waals surface area contributed by atoms with Crippen molar-refractivity contribution in [3.63, 3.8) is 0 Å². The zero-order valence-electron chi connectivity index (χ0n) is 17.6. The molecule has 0 saturated heterocycles. The van der Waals surface area contributed by atoms with Crippen molar-refractivity contribution >= 4 is 23.3 Å². The molecule has 4 rings (SSSR count).